The zero-order chi connectivity index (χ0) is 21.0. The fraction of sp³-hybridized carbons (Fsp3) is 0.0870. The summed E-state index contributed by atoms with van der Waals surface area (Å²) in [5.74, 6) is 0. The molecule has 0 aliphatic heterocycles. The van der Waals surface area contributed by atoms with Crippen molar-refractivity contribution in [3.8, 4) is 11.3 Å². The van der Waals surface area contributed by atoms with Gasteiger partial charge in [0.25, 0.3) is 10.0 Å². The standard InChI is InChI=1S/C23H20N4O2S/c1-17-9-10-19(27-30(28,29)20-6-3-2-4-7-20)14-18(17)15-23-21(8-5-12-25-23)22-11-13-24-16-26-22/h2-14,16,27H,15H2,1H3. The Kier molecular flexibility index (Phi) is 5.54. The van der Waals surface area contributed by atoms with Crippen molar-refractivity contribution in [2.45, 2.75) is 18.2 Å². The third kappa shape index (κ3) is 4.36. The maximum absolute atomic E-state index is 12.7. The van der Waals surface area contributed by atoms with E-state index in [-0.39, 0.29) is 4.90 Å². The summed E-state index contributed by atoms with van der Waals surface area (Å²) in [4.78, 5) is 13.1. The molecule has 0 saturated carbocycles. The summed E-state index contributed by atoms with van der Waals surface area (Å²) in [6.45, 7) is 2.00. The van der Waals surface area contributed by atoms with E-state index in [9.17, 15) is 8.42 Å². The van der Waals surface area contributed by atoms with Gasteiger partial charge in [0.2, 0.25) is 0 Å². The van der Waals surface area contributed by atoms with Crippen LogP contribution in [0.25, 0.3) is 11.3 Å². The number of nitrogens with zero attached hydrogens (tertiary/aromatic N) is 3. The lowest BCUT2D eigenvalue weighted by Gasteiger charge is -2.13. The maximum atomic E-state index is 12.7. The molecule has 0 aliphatic carbocycles. The van der Waals surface area contributed by atoms with E-state index in [1.165, 1.54) is 6.33 Å². The first-order valence-electron chi connectivity index (χ1n) is 9.40. The van der Waals surface area contributed by atoms with Gasteiger partial charge in [0, 0.05) is 30.1 Å². The Morgan fingerprint density at radius 2 is 1.73 bits per heavy atom. The van der Waals surface area contributed by atoms with Crippen molar-refractivity contribution in [1.82, 2.24) is 15.0 Å². The second kappa shape index (κ2) is 8.42. The normalized spacial score (nSPS) is 11.2. The SMILES string of the molecule is Cc1ccc(NS(=O)(=O)c2ccccc2)cc1Cc1ncccc1-c1ccncn1. The molecular weight excluding hydrogens is 396 g/mol. The van der Waals surface area contributed by atoms with Crippen molar-refractivity contribution >= 4 is 15.7 Å². The number of aromatic nitrogens is 3. The van der Waals surface area contributed by atoms with Crippen molar-refractivity contribution in [3.63, 3.8) is 0 Å². The third-order valence-electron chi connectivity index (χ3n) is 4.76. The molecule has 0 radical (unpaired) electrons. The van der Waals surface area contributed by atoms with E-state index in [0.29, 0.717) is 12.1 Å². The molecule has 0 unspecified atom stereocenters. The molecule has 2 aromatic carbocycles. The summed E-state index contributed by atoms with van der Waals surface area (Å²) < 4.78 is 28.0. The van der Waals surface area contributed by atoms with Crippen LogP contribution in [0.3, 0.4) is 0 Å². The van der Waals surface area contributed by atoms with Gasteiger partial charge in [0.05, 0.1) is 16.3 Å². The maximum Gasteiger partial charge on any atom is 0.261 e. The van der Waals surface area contributed by atoms with Crippen LogP contribution >= 0.6 is 0 Å². The molecule has 0 fully saturated rings. The van der Waals surface area contributed by atoms with E-state index >= 15 is 0 Å². The first-order chi connectivity index (χ1) is 14.5. The van der Waals surface area contributed by atoms with Crippen molar-refractivity contribution in [1.29, 1.82) is 0 Å². The quantitative estimate of drug-likeness (QED) is 0.508. The highest BCUT2D eigenvalue weighted by atomic mass is 32.2. The van der Waals surface area contributed by atoms with Crippen LogP contribution in [-0.4, -0.2) is 23.4 Å². The van der Waals surface area contributed by atoms with Crippen LogP contribution in [0, 0.1) is 6.92 Å². The van der Waals surface area contributed by atoms with Gasteiger partial charge in [0.1, 0.15) is 6.33 Å². The number of aryl methyl sites for hydroxylation is 1. The average Bonchev–Trinajstić information content (AvgIpc) is 2.77. The van der Waals surface area contributed by atoms with Gasteiger partial charge >= 0.3 is 0 Å². The second-order valence-electron chi connectivity index (χ2n) is 6.83. The summed E-state index contributed by atoms with van der Waals surface area (Å²) >= 11 is 0. The van der Waals surface area contributed by atoms with Crippen LogP contribution in [-0.2, 0) is 16.4 Å². The summed E-state index contributed by atoms with van der Waals surface area (Å²) in [7, 11) is -3.65. The molecule has 4 rings (SSSR count). The highest BCUT2D eigenvalue weighted by Gasteiger charge is 2.15. The van der Waals surface area contributed by atoms with Gasteiger partial charge in [-0.1, -0.05) is 24.3 Å². The minimum absolute atomic E-state index is 0.225. The van der Waals surface area contributed by atoms with E-state index in [1.54, 1.807) is 48.8 Å². The van der Waals surface area contributed by atoms with Gasteiger partial charge < -0.3 is 0 Å². The second-order valence-corrected chi connectivity index (χ2v) is 8.51. The summed E-state index contributed by atoms with van der Waals surface area (Å²) in [6.07, 6.45) is 5.50. The highest BCUT2D eigenvalue weighted by Crippen LogP contribution is 2.25. The van der Waals surface area contributed by atoms with Gasteiger partial charge in [-0.25, -0.2) is 18.4 Å². The van der Waals surface area contributed by atoms with Crippen molar-refractivity contribution in [3.05, 3.63) is 102 Å². The summed E-state index contributed by atoms with van der Waals surface area (Å²) in [5.41, 5.74) is 5.14. The van der Waals surface area contributed by atoms with Crippen LogP contribution in [0.1, 0.15) is 16.8 Å². The predicted octanol–water partition coefficient (Wildman–Crippen LogP) is 4.24. The number of anilines is 1. The first-order valence-corrected chi connectivity index (χ1v) is 10.9. The van der Waals surface area contributed by atoms with Gasteiger partial charge in [-0.05, 0) is 60.5 Å². The Balaban J connectivity index is 1.65. The minimum atomic E-state index is -3.65. The molecular formula is C23H20N4O2S. The van der Waals surface area contributed by atoms with Crippen molar-refractivity contribution in [2.24, 2.45) is 0 Å². The van der Waals surface area contributed by atoms with Crippen molar-refractivity contribution < 1.29 is 8.42 Å². The Hall–Kier alpha value is -3.58. The van der Waals surface area contributed by atoms with Gasteiger partial charge in [0.15, 0.2) is 0 Å². The minimum Gasteiger partial charge on any atom is -0.280 e. The topological polar surface area (TPSA) is 84.8 Å². The molecule has 0 spiro atoms. The fourth-order valence-corrected chi connectivity index (χ4v) is 4.25. The Morgan fingerprint density at radius 1 is 0.900 bits per heavy atom. The van der Waals surface area contributed by atoms with Gasteiger partial charge in [-0.3, -0.25) is 9.71 Å². The highest BCUT2D eigenvalue weighted by molar-refractivity contribution is 7.92. The average molecular weight is 417 g/mol. The lowest BCUT2D eigenvalue weighted by molar-refractivity contribution is 0.601. The molecule has 0 saturated heterocycles. The van der Waals surface area contributed by atoms with Crippen LogP contribution in [0.4, 0.5) is 5.69 Å². The summed E-state index contributed by atoms with van der Waals surface area (Å²) in [5, 5.41) is 0. The number of hydrogen-bond acceptors (Lipinski definition) is 5. The Morgan fingerprint density at radius 3 is 2.50 bits per heavy atom. The number of sulfonamides is 1. The molecule has 1 N–H and O–H groups in total. The van der Waals surface area contributed by atoms with Gasteiger partial charge in [-0.2, -0.15) is 0 Å². The van der Waals surface area contributed by atoms with Crippen LogP contribution in [0.5, 0.6) is 0 Å². The molecule has 30 heavy (non-hydrogen) atoms. The molecule has 150 valence electrons. The van der Waals surface area contributed by atoms with Crippen LogP contribution < -0.4 is 4.72 Å². The number of rotatable bonds is 6. The predicted molar refractivity (Wildman–Crippen MR) is 116 cm³/mol. The summed E-state index contributed by atoms with van der Waals surface area (Å²) in [6, 6.07) is 19.5. The molecule has 0 bridgehead atoms. The van der Waals surface area contributed by atoms with E-state index in [2.05, 4.69) is 19.7 Å². The van der Waals surface area contributed by atoms with Crippen LogP contribution in [0.2, 0.25) is 0 Å². The number of pyridine rings is 1. The Bertz CT molecular complexity index is 1260. The van der Waals surface area contributed by atoms with E-state index in [4.69, 9.17) is 0 Å². The smallest absolute Gasteiger partial charge is 0.261 e. The largest absolute Gasteiger partial charge is 0.280 e. The number of nitrogens with one attached hydrogen (secondary N) is 1. The molecule has 6 nitrogen and oxygen atoms in total. The Labute approximate surface area is 175 Å². The molecule has 0 amide bonds. The van der Waals surface area contributed by atoms with Crippen LogP contribution in [0.15, 0.2) is 90.3 Å². The zero-order valence-corrected chi connectivity index (χ0v) is 17.2. The molecule has 4 aromatic rings. The third-order valence-corrected chi connectivity index (χ3v) is 6.16. The first kappa shape index (κ1) is 19.7. The monoisotopic (exact) mass is 416 g/mol. The zero-order valence-electron chi connectivity index (χ0n) is 16.4. The van der Waals surface area contributed by atoms with Crippen molar-refractivity contribution in [2.75, 3.05) is 4.72 Å². The molecule has 2 heterocycles. The molecule has 0 aliphatic rings. The number of benzene rings is 2. The van der Waals surface area contributed by atoms with Gasteiger partial charge in [-0.15, -0.1) is 0 Å². The van der Waals surface area contributed by atoms with E-state index < -0.39 is 10.0 Å². The molecule has 0 atom stereocenters. The van der Waals surface area contributed by atoms with E-state index in [1.807, 2.05) is 37.3 Å². The van der Waals surface area contributed by atoms with E-state index in [0.717, 1.165) is 28.1 Å². The lowest BCUT2D eigenvalue weighted by atomic mass is 9.99. The fourth-order valence-electron chi connectivity index (χ4n) is 3.18. The number of hydrogen-bond donors (Lipinski definition) is 1. The molecule has 2 aromatic heterocycles. The molecule has 7 heteroatoms. The lowest BCUT2D eigenvalue weighted by Crippen LogP contribution is -2.13.